The Morgan fingerprint density at radius 2 is 1.58 bits per heavy atom. The van der Waals surface area contributed by atoms with Crippen LogP contribution >= 0.6 is 0 Å². The first kappa shape index (κ1) is 21.9. The number of carbonyl (C=O) groups is 1. The Labute approximate surface area is 178 Å². The molecular formula is C21H19N3O6S. The van der Waals surface area contributed by atoms with Crippen molar-refractivity contribution in [3.63, 3.8) is 0 Å². The monoisotopic (exact) mass is 441 g/mol. The van der Waals surface area contributed by atoms with Crippen LogP contribution in [-0.2, 0) is 10.0 Å². The van der Waals surface area contributed by atoms with E-state index in [-0.39, 0.29) is 29.6 Å². The molecule has 0 atom stereocenters. The molecule has 9 nitrogen and oxygen atoms in total. The van der Waals surface area contributed by atoms with Gasteiger partial charge in [0.15, 0.2) is 0 Å². The molecule has 10 heteroatoms. The Bertz CT molecular complexity index is 1170. The highest BCUT2D eigenvalue weighted by Gasteiger charge is 2.17. The molecule has 0 aromatic heterocycles. The van der Waals surface area contributed by atoms with Gasteiger partial charge in [0, 0.05) is 30.8 Å². The summed E-state index contributed by atoms with van der Waals surface area (Å²) in [5, 5.41) is 13.4. The standard InChI is InChI=1S/C21H19N3O6S/c25-21(16-9-11-19(12-10-16)30-18-6-2-1-3-7-18)22-13-14-23-31(28,29)20-8-4-5-17(15-20)24(26)27/h1-12,15,23H,13-14H2,(H,22,25). The van der Waals surface area contributed by atoms with Crippen LogP contribution in [-0.4, -0.2) is 32.3 Å². The molecule has 1 amide bonds. The number of carbonyl (C=O) groups excluding carboxylic acids is 1. The smallest absolute Gasteiger partial charge is 0.270 e. The normalized spacial score (nSPS) is 11.0. The maximum absolute atomic E-state index is 12.2. The summed E-state index contributed by atoms with van der Waals surface area (Å²) >= 11 is 0. The third-order valence-corrected chi connectivity index (χ3v) is 5.60. The number of rotatable bonds is 9. The summed E-state index contributed by atoms with van der Waals surface area (Å²) in [6.45, 7) is -0.0405. The molecule has 0 aliphatic carbocycles. The first-order valence-corrected chi connectivity index (χ1v) is 10.7. The lowest BCUT2D eigenvalue weighted by molar-refractivity contribution is -0.385. The molecule has 3 aromatic rings. The number of sulfonamides is 1. The summed E-state index contributed by atoms with van der Waals surface area (Å²) in [4.78, 5) is 22.1. The second kappa shape index (κ2) is 9.83. The van der Waals surface area contributed by atoms with E-state index in [1.807, 2.05) is 30.3 Å². The molecule has 0 spiro atoms. The molecule has 0 heterocycles. The van der Waals surface area contributed by atoms with Gasteiger partial charge in [-0.25, -0.2) is 13.1 Å². The Balaban J connectivity index is 1.49. The first-order chi connectivity index (χ1) is 14.8. The highest BCUT2D eigenvalue weighted by Crippen LogP contribution is 2.21. The molecule has 0 unspecified atom stereocenters. The van der Waals surface area contributed by atoms with Gasteiger partial charge in [0.1, 0.15) is 11.5 Å². The van der Waals surface area contributed by atoms with Gasteiger partial charge in [0.2, 0.25) is 10.0 Å². The molecule has 0 radical (unpaired) electrons. The fourth-order valence-electron chi connectivity index (χ4n) is 2.61. The van der Waals surface area contributed by atoms with Crippen LogP contribution in [0.5, 0.6) is 11.5 Å². The lowest BCUT2D eigenvalue weighted by Crippen LogP contribution is -2.34. The molecule has 0 fully saturated rings. The third kappa shape index (κ3) is 6.11. The number of hydrogen-bond acceptors (Lipinski definition) is 6. The molecule has 3 aromatic carbocycles. The maximum atomic E-state index is 12.2. The van der Waals surface area contributed by atoms with Crippen LogP contribution in [0.15, 0.2) is 83.8 Å². The largest absolute Gasteiger partial charge is 0.457 e. The van der Waals surface area contributed by atoms with E-state index in [0.717, 1.165) is 6.07 Å². The van der Waals surface area contributed by atoms with Gasteiger partial charge in [-0.3, -0.25) is 14.9 Å². The molecule has 31 heavy (non-hydrogen) atoms. The van der Waals surface area contributed by atoms with Crippen molar-refractivity contribution in [3.8, 4) is 11.5 Å². The Kier molecular flexibility index (Phi) is 6.96. The van der Waals surface area contributed by atoms with Crippen molar-refractivity contribution >= 4 is 21.6 Å². The highest BCUT2D eigenvalue weighted by atomic mass is 32.2. The number of ether oxygens (including phenoxy) is 1. The molecule has 0 saturated carbocycles. The van der Waals surface area contributed by atoms with Gasteiger partial charge < -0.3 is 10.1 Å². The zero-order valence-corrected chi connectivity index (χ0v) is 17.0. The van der Waals surface area contributed by atoms with Crippen molar-refractivity contribution in [2.24, 2.45) is 0 Å². The van der Waals surface area contributed by atoms with Crippen molar-refractivity contribution in [2.45, 2.75) is 4.90 Å². The summed E-state index contributed by atoms with van der Waals surface area (Å²) in [6.07, 6.45) is 0. The average molecular weight is 441 g/mol. The first-order valence-electron chi connectivity index (χ1n) is 9.20. The number of amides is 1. The minimum Gasteiger partial charge on any atom is -0.457 e. The van der Waals surface area contributed by atoms with Crippen molar-refractivity contribution in [2.75, 3.05) is 13.1 Å². The van der Waals surface area contributed by atoms with Crippen LogP contribution in [0.2, 0.25) is 0 Å². The van der Waals surface area contributed by atoms with Gasteiger partial charge in [0.25, 0.3) is 11.6 Å². The molecule has 0 saturated heterocycles. The molecule has 0 aliphatic heterocycles. The minimum absolute atomic E-state index is 0.0370. The maximum Gasteiger partial charge on any atom is 0.270 e. The van der Waals surface area contributed by atoms with Crippen molar-refractivity contribution in [1.82, 2.24) is 10.0 Å². The van der Waals surface area contributed by atoms with Crippen LogP contribution in [0.25, 0.3) is 0 Å². The van der Waals surface area contributed by atoms with Crippen LogP contribution in [0, 0.1) is 10.1 Å². The zero-order valence-electron chi connectivity index (χ0n) is 16.2. The van der Waals surface area contributed by atoms with Crippen LogP contribution in [0.4, 0.5) is 5.69 Å². The summed E-state index contributed by atoms with van der Waals surface area (Å²) in [5.41, 5.74) is 0.0674. The Morgan fingerprint density at radius 3 is 2.26 bits per heavy atom. The molecule has 160 valence electrons. The lowest BCUT2D eigenvalue weighted by atomic mass is 10.2. The quantitative estimate of drug-likeness (QED) is 0.298. The predicted molar refractivity (Wildman–Crippen MR) is 114 cm³/mol. The molecule has 2 N–H and O–H groups in total. The highest BCUT2D eigenvalue weighted by molar-refractivity contribution is 7.89. The van der Waals surface area contributed by atoms with E-state index in [9.17, 15) is 23.3 Å². The number of benzene rings is 3. The van der Waals surface area contributed by atoms with Crippen molar-refractivity contribution < 1.29 is 22.9 Å². The number of hydrogen-bond donors (Lipinski definition) is 2. The van der Waals surface area contributed by atoms with Gasteiger partial charge in [-0.2, -0.15) is 0 Å². The van der Waals surface area contributed by atoms with E-state index < -0.39 is 14.9 Å². The predicted octanol–water partition coefficient (Wildman–Crippen LogP) is 3.10. The van der Waals surface area contributed by atoms with E-state index in [1.165, 1.54) is 18.2 Å². The van der Waals surface area contributed by atoms with Gasteiger partial charge >= 0.3 is 0 Å². The summed E-state index contributed by atoms with van der Waals surface area (Å²) in [6, 6.07) is 20.5. The number of nitrogens with one attached hydrogen (secondary N) is 2. The fourth-order valence-corrected chi connectivity index (χ4v) is 3.68. The van der Waals surface area contributed by atoms with Gasteiger partial charge in [-0.1, -0.05) is 24.3 Å². The summed E-state index contributed by atoms with van der Waals surface area (Å²) < 4.78 is 32.5. The number of para-hydroxylation sites is 1. The number of nitrogens with zero attached hydrogens (tertiary/aromatic N) is 1. The molecule has 3 rings (SSSR count). The van der Waals surface area contributed by atoms with E-state index >= 15 is 0 Å². The molecule has 0 aliphatic rings. The second-order valence-electron chi connectivity index (χ2n) is 6.35. The van der Waals surface area contributed by atoms with Crippen molar-refractivity contribution in [3.05, 3.63) is 94.5 Å². The molecular weight excluding hydrogens is 422 g/mol. The van der Waals surface area contributed by atoms with Gasteiger partial charge in [0.05, 0.1) is 9.82 Å². The number of non-ortho nitro benzene ring substituents is 1. The zero-order chi connectivity index (χ0) is 22.3. The van der Waals surface area contributed by atoms with E-state index in [4.69, 9.17) is 4.74 Å². The van der Waals surface area contributed by atoms with E-state index in [1.54, 1.807) is 24.3 Å². The number of nitro groups is 1. The number of nitro benzene ring substituents is 1. The minimum atomic E-state index is -3.94. The average Bonchev–Trinajstić information content (AvgIpc) is 2.78. The SMILES string of the molecule is O=C(NCCNS(=O)(=O)c1cccc([N+](=O)[O-])c1)c1ccc(Oc2ccccc2)cc1. The van der Waals surface area contributed by atoms with Crippen LogP contribution in [0.1, 0.15) is 10.4 Å². The third-order valence-electron chi connectivity index (χ3n) is 4.14. The van der Waals surface area contributed by atoms with Crippen LogP contribution < -0.4 is 14.8 Å². The summed E-state index contributed by atoms with van der Waals surface area (Å²) in [5.74, 6) is 0.879. The van der Waals surface area contributed by atoms with E-state index in [2.05, 4.69) is 10.0 Å². The van der Waals surface area contributed by atoms with Gasteiger partial charge in [-0.15, -0.1) is 0 Å². The summed E-state index contributed by atoms with van der Waals surface area (Å²) in [7, 11) is -3.94. The fraction of sp³-hybridized carbons (Fsp3) is 0.0952. The second-order valence-corrected chi connectivity index (χ2v) is 8.11. The van der Waals surface area contributed by atoms with Crippen molar-refractivity contribution in [1.29, 1.82) is 0 Å². The lowest BCUT2D eigenvalue weighted by Gasteiger charge is -2.09. The topological polar surface area (TPSA) is 128 Å². The Hall–Kier alpha value is -3.76. The van der Waals surface area contributed by atoms with E-state index in [0.29, 0.717) is 17.1 Å². The molecule has 0 bridgehead atoms. The van der Waals surface area contributed by atoms with Gasteiger partial charge in [-0.05, 0) is 42.5 Å². The van der Waals surface area contributed by atoms with Crippen LogP contribution in [0.3, 0.4) is 0 Å². The Morgan fingerprint density at radius 1 is 0.903 bits per heavy atom.